The van der Waals surface area contributed by atoms with Gasteiger partial charge in [0.1, 0.15) is 0 Å². The number of nitrogens with zero attached hydrogens (tertiary/aromatic N) is 1. The molecule has 1 heterocycles. The summed E-state index contributed by atoms with van der Waals surface area (Å²) in [5.41, 5.74) is 8.17. The van der Waals surface area contributed by atoms with Crippen molar-refractivity contribution in [1.82, 2.24) is 9.78 Å². The summed E-state index contributed by atoms with van der Waals surface area (Å²) < 4.78 is 1.51. The fourth-order valence-electron chi connectivity index (χ4n) is 1.49. The Labute approximate surface area is 87.3 Å². The molecule has 0 aliphatic rings. The molecule has 0 amide bonds. The van der Waals surface area contributed by atoms with Gasteiger partial charge in [0, 0.05) is 18.3 Å². The maximum Gasteiger partial charge on any atom is 0.271 e. The van der Waals surface area contributed by atoms with Gasteiger partial charge in [-0.2, -0.15) is 0 Å². The molecule has 3 N–H and O–H groups in total. The lowest BCUT2D eigenvalue weighted by Gasteiger charge is -2.02. The van der Waals surface area contributed by atoms with E-state index in [1.807, 2.05) is 31.2 Å². The van der Waals surface area contributed by atoms with Gasteiger partial charge in [-0.3, -0.25) is 9.89 Å². The van der Waals surface area contributed by atoms with E-state index in [-0.39, 0.29) is 5.56 Å². The number of aryl methyl sites for hydroxylation is 1. The molecule has 0 saturated heterocycles. The van der Waals surface area contributed by atoms with E-state index in [2.05, 4.69) is 5.10 Å². The van der Waals surface area contributed by atoms with Crippen LogP contribution in [0.1, 0.15) is 11.3 Å². The Morgan fingerprint density at radius 2 is 2.00 bits per heavy atom. The lowest BCUT2D eigenvalue weighted by Crippen LogP contribution is -2.13. The van der Waals surface area contributed by atoms with E-state index in [0.717, 1.165) is 16.9 Å². The monoisotopic (exact) mass is 203 g/mol. The molecule has 15 heavy (non-hydrogen) atoms. The van der Waals surface area contributed by atoms with Gasteiger partial charge in [0.25, 0.3) is 5.56 Å². The first kappa shape index (κ1) is 9.73. The third-order valence-electron chi connectivity index (χ3n) is 2.28. The van der Waals surface area contributed by atoms with Crippen molar-refractivity contribution >= 4 is 0 Å². The Hall–Kier alpha value is -1.81. The molecule has 0 atom stereocenters. The molecule has 1 aromatic carbocycles. The Morgan fingerprint density at radius 3 is 2.47 bits per heavy atom. The van der Waals surface area contributed by atoms with Gasteiger partial charge in [0.15, 0.2) is 0 Å². The summed E-state index contributed by atoms with van der Waals surface area (Å²) in [5.74, 6) is 0. The quantitative estimate of drug-likeness (QED) is 0.762. The van der Waals surface area contributed by atoms with Crippen molar-refractivity contribution in [2.24, 2.45) is 5.73 Å². The van der Waals surface area contributed by atoms with Crippen LogP contribution in [0.4, 0.5) is 0 Å². The summed E-state index contributed by atoms with van der Waals surface area (Å²) in [5, 5.41) is 2.97. The van der Waals surface area contributed by atoms with Crippen LogP contribution in [0.25, 0.3) is 5.69 Å². The molecule has 2 rings (SSSR count). The third kappa shape index (κ3) is 1.85. The molecule has 4 nitrogen and oxygen atoms in total. The number of hydrogen-bond donors (Lipinski definition) is 2. The van der Waals surface area contributed by atoms with Crippen molar-refractivity contribution < 1.29 is 0 Å². The van der Waals surface area contributed by atoms with Crippen LogP contribution < -0.4 is 11.3 Å². The van der Waals surface area contributed by atoms with Crippen LogP contribution in [0.15, 0.2) is 35.1 Å². The molecule has 0 bridgehead atoms. The van der Waals surface area contributed by atoms with Gasteiger partial charge in [-0.05, 0) is 24.6 Å². The van der Waals surface area contributed by atoms with E-state index in [4.69, 9.17) is 5.73 Å². The van der Waals surface area contributed by atoms with Crippen LogP contribution in [-0.2, 0) is 6.54 Å². The number of H-pyrrole nitrogens is 1. The van der Waals surface area contributed by atoms with Crippen molar-refractivity contribution in [1.29, 1.82) is 0 Å². The maximum atomic E-state index is 11.5. The minimum atomic E-state index is -0.0481. The Bertz CT molecular complexity index is 507. The summed E-state index contributed by atoms with van der Waals surface area (Å²) in [7, 11) is 0. The van der Waals surface area contributed by atoms with E-state index in [1.54, 1.807) is 6.07 Å². The average molecular weight is 203 g/mol. The van der Waals surface area contributed by atoms with Crippen LogP contribution in [-0.4, -0.2) is 9.78 Å². The second-order valence-electron chi connectivity index (χ2n) is 3.48. The number of aromatic amines is 1. The first-order valence-corrected chi connectivity index (χ1v) is 4.79. The van der Waals surface area contributed by atoms with E-state index < -0.39 is 0 Å². The minimum absolute atomic E-state index is 0.0481. The van der Waals surface area contributed by atoms with Crippen LogP contribution >= 0.6 is 0 Å². The standard InChI is InChI=1S/C11H13N3O/c1-8-6-11(15)14(13-8)10-4-2-9(7-12)3-5-10/h2-6,13H,7,12H2,1H3. The van der Waals surface area contributed by atoms with Gasteiger partial charge in [0.2, 0.25) is 0 Å². The second kappa shape index (κ2) is 3.74. The summed E-state index contributed by atoms with van der Waals surface area (Å²) in [6.07, 6.45) is 0. The van der Waals surface area contributed by atoms with Crippen molar-refractivity contribution in [3.63, 3.8) is 0 Å². The fraction of sp³-hybridized carbons (Fsp3) is 0.182. The lowest BCUT2D eigenvalue weighted by molar-refractivity contribution is 0.834. The van der Waals surface area contributed by atoms with Gasteiger partial charge >= 0.3 is 0 Å². The summed E-state index contributed by atoms with van der Waals surface area (Å²) in [6.45, 7) is 2.37. The van der Waals surface area contributed by atoms with E-state index in [9.17, 15) is 4.79 Å². The normalized spacial score (nSPS) is 10.5. The zero-order valence-electron chi connectivity index (χ0n) is 8.53. The summed E-state index contributed by atoms with van der Waals surface area (Å²) >= 11 is 0. The highest BCUT2D eigenvalue weighted by atomic mass is 16.1. The molecule has 0 fully saturated rings. The molecule has 0 spiro atoms. The summed E-state index contributed by atoms with van der Waals surface area (Å²) in [6, 6.07) is 9.14. The molecule has 0 aliphatic heterocycles. The van der Waals surface area contributed by atoms with E-state index in [0.29, 0.717) is 6.54 Å². The highest BCUT2D eigenvalue weighted by Crippen LogP contribution is 2.06. The molecule has 1 aromatic heterocycles. The Balaban J connectivity index is 2.45. The topological polar surface area (TPSA) is 63.8 Å². The average Bonchev–Trinajstić information content (AvgIpc) is 2.58. The van der Waals surface area contributed by atoms with Gasteiger partial charge in [-0.25, -0.2) is 4.68 Å². The molecule has 78 valence electrons. The van der Waals surface area contributed by atoms with Crippen LogP contribution in [0, 0.1) is 6.92 Å². The Morgan fingerprint density at radius 1 is 1.33 bits per heavy atom. The predicted octanol–water partition coefficient (Wildman–Crippen LogP) is 0.933. The van der Waals surface area contributed by atoms with Gasteiger partial charge < -0.3 is 5.73 Å². The molecule has 2 aromatic rings. The van der Waals surface area contributed by atoms with Crippen molar-refractivity contribution in [3.05, 3.63) is 51.9 Å². The molecule has 4 heteroatoms. The number of nitrogens with two attached hydrogens (primary N) is 1. The maximum absolute atomic E-state index is 11.5. The molecular weight excluding hydrogens is 190 g/mol. The highest BCUT2D eigenvalue weighted by molar-refractivity contribution is 5.34. The van der Waals surface area contributed by atoms with Crippen molar-refractivity contribution in [3.8, 4) is 5.69 Å². The van der Waals surface area contributed by atoms with E-state index in [1.165, 1.54) is 4.68 Å². The molecule has 0 saturated carbocycles. The number of hydrogen-bond acceptors (Lipinski definition) is 2. The first-order valence-electron chi connectivity index (χ1n) is 4.79. The van der Waals surface area contributed by atoms with E-state index >= 15 is 0 Å². The molecule has 0 aliphatic carbocycles. The minimum Gasteiger partial charge on any atom is -0.326 e. The lowest BCUT2D eigenvalue weighted by atomic mass is 10.2. The molecule has 0 unspecified atom stereocenters. The fourth-order valence-corrected chi connectivity index (χ4v) is 1.49. The molecule has 0 radical (unpaired) electrons. The zero-order chi connectivity index (χ0) is 10.8. The largest absolute Gasteiger partial charge is 0.326 e. The molecular formula is C11H13N3O. The van der Waals surface area contributed by atoms with Gasteiger partial charge in [-0.1, -0.05) is 12.1 Å². The second-order valence-corrected chi connectivity index (χ2v) is 3.48. The number of nitrogens with one attached hydrogen (secondary N) is 1. The number of rotatable bonds is 2. The first-order chi connectivity index (χ1) is 7.20. The Kier molecular flexibility index (Phi) is 2.43. The summed E-state index contributed by atoms with van der Waals surface area (Å²) in [4.78, 5) is 11.5. The number of aromatic nitrogens is 2. The SMILES string of the molecule is Cc1cc(=O)n(-c2ccc(CN)cc2)[nH]1. The smallest absolute Gasteiger partial charge is 0.271 e. The van der Waals surface area contributed by atoms with Crippen molar-refractivity contribution in [2.75, 3.05) is 0 Å². The zero-order valence-corrected chi connectivity index (χ0v) is 8.53. The van der Waals surface area contributed by atoms with Crippen LogP contribution in [0.2, 0.25) is 0 Å². The third-order valence-corrected chi connectivity index (χ3v) is 2.28. The van der Waals surface area contributed by atoms with Crippen LogP contribution in [0.5, 0.6) is 0 Å². The highest BCUT2D eigenvalue weighted by Gasteiger charge is 2.01. The van der Waals surface area contributed by atoms with Crippen LogP contribution in [0.3, 0.4) is 0 Å². The van der Waals surface area contributed by atoms with Crippen molar-refractivity contribution in [2.45, 2.75) is 13.5 Å². The van der Waals surface area contributed by atoms with Gasteiger partial charge in [0.05, 0.1) is 5.69 Å². The predicted molar refractivity (Wildman–Crippen MR) is 59.0 cm³/mol. The van der Waals surface area contributed by atoms with Gasteiger partial charge in [-0.15, -0.1) is 0 Å². The number of benzene rings is 1.